The predicted molar refractivity (Wildman–Crippen MR) is 113 cm³/mol. The average Bonchev–Trinajstić information content (AvgIpc) is 2.66. The molecule has 1 unspecified atom stereocenters. The van der Waals surface area contributed by atoms with E-state index in [4.69, 9.17) is 9.47 Å². The SMILES string of the molecule is C=CCC.CCCCCCCCC(CCC)(OC)C(CC)(CC)OC. The molecule has 2 heteroatoms. The third kappa shape index (κ3) is 9.24. The number of methoxy groups -OCH3 is 2. The Bertz CT molecular complexity index is 276. The molecule has 0 amide bonds. The summed E-state index contributed by atoms with van der Waals surface area (Å²) in [4.78, 5) is 0. The minimum Gasteiger partial charge on any atom is -0.375 e. The maximum absolute atomic E-state index is 6.12. The van der Waals surface area contributed by atoms with Gasteiger partial charge < -0.3 is 9.47 Å². The zero-order valence-corrected chi connectivity index (χ0v) is 18.6. The van der Waals surface area contributed by atoms with E-state index < -0.39 is 0 Å². The molecule has 0 aromatic carbocycles. The highest BCUT2D eigenvalue weighted by molar-refractivity contribution is 5.00. The van der Waals surface area contributed by atoms with Crippen molar-refractivity contribution < 1.29 is 9.47 Å². The van der Waals surface area contributed by atoms with E-state index in [1.165, 1.54) is 38.5 Å². The monoisotopic (exact) mass is 356 g/mol. The van der Waals surface area contributed by atoms with E-state index in [9.17, 15) is 0 Å². The number of allylic oxidation sites excluding steroid dienone is 1. The summed E-state index contributed by atoms with van der Waals surface area (Å²) in [5.41, 5.74) is -0.258. The molecule has 0 heterocycles. The van der Waals surface area contributed by atoms with Crippen LogP contribution in [-0.2, 0) is 9.47 Å². The van der Waals surface area contributed by atoms with Crippen molar-refractivity contribution >= 4 is 0 Å². The minimum atomic E-state index is -0.138. The van der Waals surface area contributed by atoms with Gasteiger partial charge in [0.2, 0.25) is 0 Å². The third-order valence-corrected chi connectivity index (χ3v) is 5.63. The lowest BCUT2D eigenvalue weighted by Crippen LogP contribution is -2.56. The topological polar surface area (TPSA) is 18.5 Å². The summed E-state index contributed by atoms with van der Waals surface area (Å²) in [7, 11) is 3.74. The number of ether oxygens (including phenoxy) is 2. The van der Waals surface area contributed by atoms with E-state index in [0.717, 1.165) is 38.5 Å². The molecule has 0 N–H and O–H groups in total. The fourth-order valence-corrected chi connectivity index (χ4v) is 3.93. The van der Waals surface area contributed by atoms with Crippen LogP contribution in [0.4, 0.5) is 0 Å². The van der Waals surface area contributed by atoms with Gasteiger partial charge in [0.05, 0.1) is 11.2 Å². The Kier molecular flexibility index (Phi) is 18.4. The molecule has 152 valence electrons. The van der Waals surface area contributed by atoms with Gasteiger partial charge in [-0.15, -0.1) is 6.58 Å². The Balaban J connectivity index is 0. The highest BCUT2D eigenvalue weighted by Crippen LogP contribution is 2.42. The molecule has 25 heavy (non-hydrogen) atoms. The summed E-state index contributed by atoms with van der Waals surface area (Å²) in [6.07, 6.45) is 16.4. The largest absolute Gasteiger partial charge is 0.375 e. The number of rotatable bonds is 15. The highest BCUT2D eigenvalue weighted by Gasteiger charge is 2.48. The van der Waals surface area contributed by atoms with Gasteiger partial charge in [0.1, 0.15) is 0 Å². The first-order valence-electron chi connectivity index (χ1n) is 10.7. The lowest BCUT2D eigenvalue weighted by Gasteiger charge is -2.48. The summed E-state index contributed by atoms with van der Waals surface area (Å²) in [5.74, 6) is 0. The van der Waals surface area contributed by atoms with Gasteiger partial charge in [0.25, 0.3) is 0 Å². The average molecular weight is 357 g/mol. The third-order valence-electron chi connectivity index (χ3n) is 5.63. The molecular weight excluding hydrogens is 308 g/mol. The van der Waals surface area contributed by atoms with E-state index in [-0.39, 0.29) is 11.2 Å². The molecule has 1 atom stereocenters. The molecule has 0 aromatic rings. The summed E-state index contributed by atoms with van der Waals surface area (Å²) in [5, 5.41) is 0. The van der Waals surface area contributed by atoms with Crippen LogP contribution in [-0.4, -0.2) is 25.4 Å². The quantitative estimate of drug-likeness (QED) is 0.221. The summed E-state index contributed by atoms with van der Waals surface area (Å²) in [6, 6.07) is 0. The Hall–Kier alpha value is -0.340. The number of unbranched alkanes of at least 4 members (excludes halogenated alkanes) is 5. The minimum absolute atomic E-state index is 0.120. The van der Waals surface area contributed by atoms with E-state index in [1.54, 1.807) is 0 Å². The van der Waals surface area contributed by atoms with Gasteiger partial charge in [-0.05, 0) is 32.1 Å². The second kappa shape index (κ2) is 17.1. The lowest BCUT2D eigenvalue weighted by atomic mass is 9.72. The molecule has 0 radical (unpaired) electrons. The zero-order valence-electron chi connectivity index (χ0n) is 18.6. The fraction of sp³-hybridized carbons (Fsp3) is 0.913. The van der Waals surface area contributed by atoms with Crippen molar-refractivity contribution in [3.8, 4) is 0 Å². The summed E-state index contributed by atoms with van der Waals surface area (Å²) < 4.78 is 12.1. The predicted octanol–water partition coefficient (Wildman–Crippen LogP) is 7.71. The van der Waals surface area contributed by atoms with E-state index in [2.05, 4.69) is 41.2 Å². The van der Waals surface area contributed by atoms with Gasteiger partial charge >= 0.3 is 0 Å². The lowest BCUT2D eigenvalue weighted by molar-refractivity contribution is -0.197. The smallest absolute Gasteiger partial charge is 0.0966 e. The zero-order chi connectivity index (χ0) is 19.6. The van der Waals surface area contributed by atoms with Gasteiger partial charge in [0, 0.05) is 14.2 Å². The normalized spacial score (nSPS) is 13.7. The molecule has 0 saturated heterocycles. The molecule has 0 aliphatic rings. The summed E-state index contributed by atoms with van der Waals surface area (Å²) >= 11 is 0. The van der Waals surface area contributed by atoms with Crippen LogP contribution in [0.25, 0.3) is 0 Å². The van der Waals surface area contributed by atoms with Crippen molar-refractivity contribution in [2.75, 3.05) is 14.2 Å². The molecule has 0 aliphatic carbocycles. The molecule has 2 nitrogen and oxygen atoms in total. The molecular formula is C23H48O2. The number of hydrogen-bond donors (Lipinski definition) is 0. The van der Waals surface area contributed by atoms with Crippen molar-refractivity contribution in [3.63, 3.8) is 0 Å². The molecule has 0 aromatic heterocycles. The highest BCUT2D eigenvalue weighted by atomic mass is 16.5. The molecule has 0 saturated carbocycles. The van der Waals surface area contributed by atoms with Crippen LogP contribution in [0.2, 0.25) is 0 Å². The van der Waals surface area contributed by atoms with Gasteiger partial charge in [-0.3, -0.25) is 0 Å². The van der Waals surface area contributed by atoms with Crippen LogP contribution in [0, 0.1) is 0 Å². The van der Waals surface area contributed by atoms with Crippen molar-refractivity contribution in [1.29, 1.82) is 0 Å². The van der Waals surface area contributed by atoms with Gasteiger partial charge in [-0.2, -0.15) is 0 Å². The standard InChI is InChI=1S/C19H40O2.C4H8/c1-7-11-12-13-14-15-17-19(21-6,16-8-2)18(9-3,10-4)20-5;1-3-4-2/h7-17H2,1-6H3;3H,1,4H2,2H3. The second-order valence-electron chi connectivity index (χ2n) is 7.07. The molecule has 0 spiro atoms. The number of hydrogen-bond acceptors (Lipinski definition) is 2. The van der Waals surface area contributed by atoms with Crippen LogP contribution in [0.1, 0.15) is 112 Å². The first kappa shape index (κ1) is 26.9. The van der Waals surface area contributed by atoms with Crippen molar-refractivity contribution in [1.82, 2.24) is 0 Å². The van der Waals surface area contributed by atoms with Crippen LogP contribution in [0.15, 0.2) is 12.7 Å². The van der Waals surface area contributed by atoms with Gasteiger partial charge in [-0.25, -0.2) is 0 Å². The molecule has 0 aliphatic heterocycles. The van der Waals surface area contributed by atoms with Crippen molar-refractivity contribution in [3.05, 3.63) is 12.7 Å². The van der Waals surface area contributed by atoms with Crippen LogP contribution >= 0.6 is 0 Å². The Morgan fingerprint density at radius 2 is 1.16 bits per heavy atom. The van der Waals surface area contributed by atoms with Gasteiger partial charge in [-0.1, -0.05) is 85.6 Å². The Morgan fingerprint density at radius 1 is 0.680 bits per heavy atom. The Morgan fingerprint density at radius 3 is 1.52 bits per heavy atom. The Labute approximate surface area is 159 Å². The van der Waals surface area contributed by atoms with Crippen molar-refractivity contribution in [2.45, 2.75) is 123 Å². The first-order chi connectivity index (χ1) is 12.0. The van der Waals surface area contributed by atoms with E-state index in [0.29, 0.717) is 0 Å². The summed E-state index contributed by atoms with van der Waals surface area (Å²) in [6.45, 7) is 14.5. The van der Waals surface area contributed by atoms with E-state index in [1.807, 2.05) is 20.3 Å². The maximum atomic E-state index is 6.12. The van der Waals surface area contributed by atoms with Crippen LogP contribution < -0.4 is 0 Å². The van der Waals surface area contributed by atoms with Crippen LogP contribution in [0.5, 0.6) is 0 Å². The first-order valence-corrected chi connectivity index (χ1v) is 10.7. The van der Waals surface area contributed by atoms with Crippen LogP contribution in [0.3, 0.4) is 0 Å². The molecule has 0 bridgehead atoms. The molecule has 0 rings (SSSR count). The van der Waals surface area contributed by atoms with Crippen molar-refractivity contribution in [2.24, 2.45) is 0 Å². The maximum Gasteiger partial charge on any atom is 0.0966 e. The van der Waals surface area contributed by atoms with E-state index >= 15 is 0 Å². The van der Waals surface area contributed by atoms with Gasteiger partial charge in [0.15, 0.2) is 0 Å². The fourth-order valence-electron chi connectivity index (χ4n) is 3.93. The molecule has 0 fully saturated rings. The second-order valence-corrected chi connectivity index (χ2v) is 7.07.